The van der Waals surface area contributed by atoms with Gasteiger partial charge in [-0.15, -0.1) is 0 Å². The Morgan fingerprint density at radius 1 is 0.846 bits per heavy atom. The van der Waals surface area contributed by atoms with Gasteiger partial charge < -0.3 is 0 Å². The minimum atomic E-state index is 0.0779. The molecule has 2 heteroatoms. The predicted molar refractivity (Wildman–Crippen MR) is 103 cm³/mol. The largest absolute Gasteiger partial charge is 0.295 e. The van der Waals surface area contributed by atoms with Gasteiger partial charge in [0.05, 0.1) is 0 Å². The molecule has 0 heterocycles. The van der Waals surface area contributed by atoms with E-state index in [4.69, 9.17) is 0 Å². The summed E-state index contributed by atoms with van der Waals surface area (Å²) in [7, 11) is 0. The lowest BCUT2D eigenvalue weighted by atomic mass is 9.77. The Hall–Kier alpha value is -2.48. The second-order valence-corrected chi connectivity index (χ2v) is 8.04. The van der Waals surface area contributed by atoms with Crippen molar-refractivity contribution in [2.75, 3.05) is 0 Å². The van der Waals surface area contributed by atoms with Gasteiger partial charge in [-0.3, -0.25) is 9.59 Å². The molecule has 2 aromatic carbocycles. The van der Waals surface area contributed by atoms with Gasteiger partial charge in [0, 0.05) is 17.1 Å². The van der Waals surface area contributed by atoms with Crippen molar-refractivity contribution in [1.29, 1.82) is 0 Å². The molecular weight excluding hydrogens is 320 g/mol. The molecule has 0 aliphatic heterocycles. The van der Waals surface area contributed by atoms with Crippen LogP contribution in [0.3, 0.4) is 0 Å². The van der Waals surface area contributed by atoms with Gasteiger partial charge in [-0.25, -0.2) is 0 Å². The summed E-state index contributed by atoms with van der Waals surface area (Å²) in [5, 5.41) is 0. The van der Waals surface area contributed by atoms with Gasteiger partial charge in [0.25, 0.3) is 0 Å². The highest BCUT2D eigenvalue weighted by atomic mass is 16.1. The van der Waals surface area contributed by atoms with Gasteiger partial charge in [-0.2, -0.15) is 0 Å². The smallest absolute Gasteiger partial charge is 0.167 e. The number of hydrogen-bond acceptors (Lipinski definition) is 2. The van der Waals surface area contributed by atoms with Crippen LogP contribution < -0.4 is 0 Å². The van der Waals surface area contributed by atoms with Gasteiger partial charge >= 0.3 is 0 Å². The zero-order valence-electron chi connectivity index (χ0n) is 14.9. The first-order valence-electron chi connectivity index (χ1n) is 9.60. The monoisotopic (exact) mass is 342 g/mol. The fraction of sp³-hybridized carbons (Fsp3) is 0.333. The van der Waals surface area contributed by atoms with E-state index in [2.05, 4.69) is 12.1 Å². The molecule has 26 heavy (non-hydrogen) atoms. The lowest BCUT2D eigenvalue weighted by Crippen LogP contribution is -2.24. The summed E-state index contributed by atoms with van der Waals surface area (Å²) in [5.74, 6) is 2.15. The highest BCUT2D eigenvalue weighted by Crippen LogP contribution is 2.62. The molecule has 3 aliphatic carbocycles. The third kappa shape index (κ3) is 2.18. The minimum absolute atomic E-state index is 0.0779. The molecule has 3 aliphatic rings. The third-order valence-corrected chi connectivity index (χ3v) is 6.73. The van der Waals surface area contributed by atoms with Crippen LogP contribution in [-0.4, -0.2) is 11.6 Å². The van der Waals surface area contributed by atoms with Crippen molar-refractivity contribution in [3.63, 3.8) is 0 Å². The Labute approximate surface area is 153 Å². The minimum Gasteiger partial charge on any atom is -0.295 e. The highest BCUT2D eigenvalue weighted by molar-refractivity contribution is 6.32. The summed E-state index contributed by atoms with van der Waals surface area (Å²) in [6.45, 7) is 1.59. The number of carbonyl (C=O) groups excluding carboxylic acids is 2. The van der Waals surface area contributed by atoms with Gasteiger partial charge in [0.1, 0.15) is 0 Å². The van der Waals surface area contributed by atoms with Crippen molar-refractivity contribution in [2.24, 2.45) is 23.7 Å². The summed E-state index contributed by atoms with van der Waals surface area (Å²) in [6.07, 6.45) is 3.66. The Kier molecular flexibility index (Phi) is 3.49. The molecule has 2 unspecified atom stereocenters. The van der Waals surface area contributed by atoms with E-state index in [1.807, 2.05) is 42.5 Å². The Balaban J connectivity index is 1.69. The maximum Gasteiger partial charge on any atom is 0.167 e. The van der Waals surface area contributed by atoms with Crippen molar-refractivity contribution >= 4 is 22.7 Å². The van der Waals surface area contributed by atoms with Crippen molar-refractivity contribution < 1.29 is 9.59 Å². The highest BCUT2D eigenvalue weighted by Gasteiger charge is 2.57. The number of fused-ring (bicyclic) bond motifs is 5. The average Bonchev–Trinajstić information content (AvgIpc) is 3.35. The quantitative estimate of drug-likeness (QED) is 0.732. The fourth-order valence-electron chi connectivity index (χ4n) is 5.67. The molecule has 0 spiro atoms. The average molecular weight is 342 g/mol. The Bertz CT molecular complexity index is 920. The topological polar surface area (TPSA) is 34.1 Å². The van der Waals surface area contributed by atoms with Crippen molar-refractivity contribution in [3.05, 3.63) is 71.3 Å². The molecule has 2 aromatic rings. The van der Waals surface area contributed by atoms with Crippen LogP contribution in [-0.2, 0) is 4.79 Å². The molecule has 0 amide bonds. The van der Waals surface area contributed by atoms with E-state index in [1.165, 1.54) is 24.8 Å². The molecule has 130 valence electrons. The molecule has 5 rings (SSSR count). The number of hydrogen-bond donors (Lipinski definition) is 0. The number of rotatable bonds is 3. The SMILES string of the molecule is CC(=O)c1ccc(C2=C(c3ccccc3)C(=O)C3C2[C@@H]2CC[C@H]3C2)cc1. The van der Waals surface area contributed by atoms with E-state index in [9.17, 15) is 9.59 Å². The third-order valence-electron chi connectivity index (χ3n) is 6.73. The van der Waals surface area contributed by atoms with E-state index in [-0.39, 0.29) is 11.7 Å². The number of ketones is 2. The molecular formula is C24H22O2. The first-order valence-corrected chi connectivity index (χ1v) is 9.60. The molecule has 2 saturated carbocycles. The van der Waals surface area contributed by atoms with E-state index < -0.39 is 0 Å². The number of Topliss-reactive ketones (excluding diaryl/α,β-unsaturated/α-hetero) is 2. The van der Waals surface area contributed by atoms with Crippen LogP contribution >= 0.6 is 0 Å². The zero-order valence-corrected chi connectivity index (χ0v) is 14.9. The van der Waals surface area contributed by atoms with Gasteiger partial charge in [0.15, 0.2) is 11.6 Å². The van der Waals surface area contributed by atoms with Crippen LogP contribution in [0.2, 0.25) is 0 Å². The molecule has 0 N–H and O–H groups in total. The Morgan fingerprint density at radius 2 is 1.50 bits per heavy atom. The first kappa shape index (κ1) is 15.7. The van der Waals surface area contributed by atoms with Crippen LogP contribution in [0.1, 0.15) is 47.7 Å². The molecule has 2 fully saturated rings. The van der Waals surface area contributed by atoms with Crippen LogP contribution in [0.25, 0.3) is 11.1 Å². The van der Waals surface area contributed by atoms with E-state index in [0.29, 0.717) is 23.5 Å². The second kappa shape index (κ2) is 5.77. The lowest BCUT2D eigenvalue weighted by molar-refractivity contribution is -0.118. The van der Waals surface area contributed by atoms with Crippen LogP contribution in [0, 0.1) is 23.7 Å². The van der Waals surface area contributed by atoms with Crippen LogP contribution in [0.15, 0.2) is 54.6 Å². The number of benzene rings is 2. The number of allylic oxidation sites excluding steroid dienone is 2. The lowest BCUT2D eigenvalue weighted by Gasteiger charge is -2.26. The maximum absolute atomic E-state index is 13.4. The molecule has 0 radical (unpaired) electrons. The summed E-state index contributed by atoms with van der Waals surface area (Å²) < 4.78 is 0. The summed E-state index contributed by atoms with van der Waals surface area (Å²) >= 11 is 0. The zero-order chi connectivity index (χ0) is 17.8. The van der Waals surface area contributed by atoms with Gasteiger partial charge in [0.2, 0.25) is 0 Å². The van der Waals surface area contributed by atoms with Crippen LogP contribution in [0.5, 0.6) is 0 Å². The second-order valence-electron chi connectivity index (χ2n) is 8.04. The molecule has 0 aromatic heterocycles. The van der Waals surface area contributed by atoms with E-state index >= 15 is 0 Å². The van der Waals surface area contributed by atoms with Crippen LogP contribution in [0.4, 0.5) is 0 Å². The Morgan fingerprint density at radius 3 is 2.15 bits per heavy atom. The van der Waals surface area contributed by atoms with Crippen molar-refractivity contribution in [3.8, 4) is 0 Å². The molecule has 0 saturated heterocycles. The molecule has 2 nitrogen and oxygen atoms in total. The molecule has 2 bridgehead atoms. The number of carbonyl (C=O) groups is 2. The standard InChI is InChI=1S/C24H22O2/c1-14(25)15-7-9-17(10-8-15)20-21-18-11-12-19(13-18)23(21)24(26)22(20)16-5-3-2-4-6-16/h2-10,18-19,21,23H,11-13H2,1H3/t18-,19+,21?,23?/m1/s1. The van der Waals surface area contributed by atoms with E-state index in [0.717, 1.165) is 22.3 Å². The van der Waals surface area contributed by atoms with E-state index in [1.54, 1.807) is 6.92 Å². The molecule has 4 atom stereocenters. The summed E-state index contributed by atoms with van der Waals surface area (Å²) in [5.41, 5.74) is 5.03. The van der Waals surface area contributed by atoms with Crippen molar-refractivity contribution in [1.82, 2.24) is 0 Å². The predicted octanol–water partition coefficient (Wildman–Crippen LogP) is 5.05. The normalized spacial score (nSPS) is 29.3. The summed E-state index contributed by atoms with van der Waals surface area (Å²) in [4.78, 5) is 25.1. The summed E-state index contributed by atoms with van der Waals surface area (Å²) in [6, 6.07) is 18.0. The maximum atomic E-state index is 13.4. The first-order chi connectivity index (χ1) is 12.6. The van der Waals surface area contributed by atoms with Crippen molar-refractivity contribution in [2.45, 2.75) is 26.2 Å². The fourth-order valence-corrected chi connectivity index (χ4v) is 5.67. The van der Waals surface area contributed by atoms with Gasteiger partial charge in [-0.1, -0.05) is 54.6 Å². The van der Waals surface area contributed by atoms with Gasteiger partial charge in [-0.05, 0) is 60.6 Å².